The van der Waals surface area contributed by atoms with Crippen molar-refractivity contribution in [3.05, 3.63) is 89.3 Å². The van der Waals surface area contributed by atoms with Crippen LogP contribution >= 0.6 is 0 Å². The third-order valence-electron chi connectivity index (χ3n) is 6.82. The number of nitrogens with zero attached hydrogens (tertiary/aromatic N) is 6. The summed E-state index contributed by atoms with van der Waals surface area (Å²) in [6.45, 7) is 0.912. The van der Waals surface area contributed by atoms with Crippen LogP contribution in [-0.4, -0.2) is 41.1 Å². The molecule has 5 aromatic rings. The first-order chi connectivity index (χ1) is 19.0. The molecule has 1 aromatic carbocycles. The molecule has 4 heterocycles. The van der Waals surface area contributed by atoms with Crippen LogP contribution in [-0.2, 0) is 19.5 Å². The monoisotopic (exact) mass is 528 g/mol. The summed E-state index contributed by atoms with van der Waals surface area (Å²) >= 11 is 0. The molecular formula is C28H26F2N8O. The average Bonchev–Trinajstić information content (AvgIpc) is 3.57. The predicted octanol–water partition coefficient (Wildman–Crippen LogP) is 4.72. The zero-order valence-corrected chi connectivity index (χ0v) is 21.1. The van der Waals surface area contributed by atoms with Gasteiger partial charge in [0.25, 0.3) is 5.91 Å². The number of rotatable bonds is 10. The fourth-order valence-corrected chi connectivity index (χ4v) is 4.69. The first-order valence-corrected chi connectivity index (χ1v) is 13.0. The van der Waals surface area contributed by atoms with Gasteiger partial charge >= 0.3 is 0 Å². The number of fused-ring (bicyclic) bond motifs is 1. The van der Waals surface area contributed by atoms with Gasteiger partial charge in [0.2, 0.25) is 0 Å². The highest BCUT2D eigenvalue weighted by Gasteiger charge is 2.31. The van der Waals surface area contributed by atoms with Gasteiger partial charge in [0.1, 0.15) is 11.6 Å². The van der Waals surface area contributed by atoms with Crippen LogP contribution in [0.5, 0.6) is 0 Å². The second kappa shape index (κ2) is 10.7. The Balaban J connectivity index is 1.08. The van der Waals surface area contributed by atoms with Gasteiger partial charge in [0, 0.05) is 41.0 Å². The van der Waals surface area contributed by atoms with E-state index in [1.54, 1.807) is 17.1 Å². The minimum absolute atomic E-state index is 0.252. The Labute approximate surface area is 222 Å². The molecule has 11 heteroatoms. The number of benzene rings is 1. The molecule has 0 atom stereocenters. The van der Waals surface area contributed by atoms with E-state index < -0.39 is 11.6 Å². The van der Waals surface area contributed by atoms with Crippen molar-refractivity contribution in [2.24, 2.45) is 0 Å². The van der Waals surface area contributed by atoms with Crippen molar-refractivity contribution in [3.8, 4) is 11.1 Å². The van der Waals surface area contributed by atoms with E-state index in [0.717, 1.165) is 59.8 Å². The zero-order valence-electron chi connectivity index (χ0n) is 21.1. The molecule has 6 rings (SSSR count). The van der Waals surface area contributed by atoms with Gasteiger partial charge in [-0.05, 0) is 68.4 Å². The Morgan fingerprint density at radius 3 is 2.74 bits per heavy atom. The highest BCUT2D eigenvalue weighted by atomic mass is 19.1. The molecule has 0 saturated heterocycles. The van der Waals surface area contributed by atoms with Crippen LogP contribution in [0.1, 0.15) is 59.2 Å². The third-order valence-corrected chi connectivity index (χ3v) is 6.82. The van der Waals surface area contributed by atoms with Crippen molar-refractivity contribution in [1.29, 1.82) is 0 Å². The van der Waals surface area contributed by atoms with Crippen LogP contribution < -0.4 is 5.32 Å². The molecule has 0 spiro atoms. The van der Waals surface area contributed by atoms with Crippen LogP contribution in [0, 0.1) is 11.6 Å². The van der Waals surface area contributed by atoms with Gasteiger partial charge in [-0.15, -0.1) is 10.2 Å². The largest absolute Gasteiger partial charge is 0.345 e. The van der Waals surface area contributed by atoms with Crippen molar-refractivity contribution in [3.63, 3.8) is 0 Å². The molecule has 9 nitrogen and oxygen atoms in total. The smallest absolute Gasteiger partial charge is 0.273 e. The van der Waals surface area contributed by atoms with Gasteiger partial charge in [-0.3, -0.25) is 14.5 Å². The maximum atomic E-state index is 14.8. The fourth-order valence-electron chi connectivity index (χ4n) is 4.69. The van der Waals surface area contributed by atoms with Crippen LogP contribution in [0.25, 0.3) is 22.2 Å². The number of unbranched alkanes of at least 4 members (excludes halogenated alkanes) is 1. The molecule has 0 unspecified atom stereocenters. The maximum Gasteiger partial charge on any atom is 0.273 e. The summed E-state index contributed by atoms with van der Waals surface area (Å²) in [5.74, 6) is -1.17. The molecule has 4 aromatic heterocycles. The van der Waals surface area contributed by atoms with Crippen molar-refractivity contribution in [2.45, 2.75) is 51.1 Å². The number of carbonyl (C=O) groups excluding carboxylic acids is 1. The lowest BCUT2D eigenvalue weighted by Crippen LogP contribution is -2.23. The lowest BCUT2D eigenvalue weighted by atomic mass is 9.99. The van der Waals surface area contributed by atoms with E-state index in [-0.39, 0.29) is 11.6 Å². The normalized spacial score (nSPS) is 13.2. The van der Waals surface area contributed by atoms with E-state index in [1.165, 1.54) is 12.1 Å². The Morgan fingerprint density at radius 2 is 1.95 bits per heavy atom. The van der Waals surface area contributed by atoms with Crippen molar-refractivity contribution < 1.29 is 13.6 Å². The SMILES string of the molecule is O=C(NCc1ccccn1)c1cn(CCCCc2cc3c(-c4ccc(F)cc4F)c(C4CC4)[nH]c3nn2)nn1. The summed E-state index contributed by atoms with van der Waals surface area (Å²) in [5, 5.41) is 20.3. The Bertz CT molecular complexity index is 1630. The molecule has 198 valence electrons. The summed E-state index contributed by atoms with van der Waals surface area (Å²) in [7, 11) is 0. The van der Waals surface area contributed by atoms with Crippen LogP contribution in [0.4, 0.5) is 8.78 Å². The number of nitrogens with one attached hydrogen (secondary N) is 2. The lowest BCUT2D eigenvalue weighted by molar-refractivity contribution is 0.0945. The van der Waals surface area contributed by atoms with Gasteiger partial charge in [-0.25, -0.2) is 8.78 Å². The number of hydrogen-bond donors (Lipinski definition) is 2. The van der Waals surface area contributed by atoms with Crippen LogP contribution in [0.3, 0.4) is 0 Å². The van der Waals surface area contributed by atoms with Crippen molar-refractivity contribution >= 4 is 16.9 Å². The molecule has 1 saturated carbocycles. The topological polar surface area (TPSA) is 114 Å². The van der Waals surface area contributed by atoms with Gasteiger partial charge < -0.3 is 10.3 Å². The molecule has 0 aliphatic heterocycles. The first-order valence-electron chi connectivity index (χ1n) is 13.0. The molecule has 1 aliphatic rings. The molecule has 0 bridgehead atoms. The molecule has 1 amide bonds. The molecule has 1 fully saturated rings. The molecule has 1 aliphatic carbocycles. The minimum atomic E-state index is -0.603. The van der Waals surface area contributed by atoms with Crippen molar-refractivity contribution in [1.82, 2.24) is 40.5 Å². The number of H-pyrrole nitrogens is 1. The second-order valence-electron chi connectivity index (χ2n) is 9.74. The van der Waals surface area contributed by atoms with E-state index in [1.807, 2.05) is 24.3 Å². The lowest BCUT2D eigenvalue weighted by Gasteiger charge is -2.07. The molecular weight excluding hydrogens is 502 g/mol. The van der Waals surface area contributed by atoms with Crippen LogP contribution in [0.2, 0.25) is 0 Å². The Hall–Kier alpha value is -4.54. The number of aryl methyl sites for hydroxylation is 2. The summed E-state index contributed by atoms with van der Waals surface area (Å²) in [5.41, 5.74) is 4.47. The number of amides is 1. The number of hydrogen-bond acceptors (Lipinski definition) is 6. The Kier molecular flexibility index (Phi) is 6.78. The van der Waals surface area contributed by atoms with E-state index in [0.29, 0.717) is 36.6 Å². The quantitative estimate of drug-likeness (QED) is 0.254. The minimum Gasteiger partial charge on any atom is -0.345 e. The van der Waals surface area contributed by atoms with Gasteiger partial charge in [0.15, 0.2) is 11.3 Å². The summed E-state index contributed by atoms with van der Waals surface area (Å²) < 4.78 is 30.0. The zero-order chi connectivity index (χ0) is 26.8. The number of aromatic nitrogens is 7. The number of halogens is 2. The third kappa shape index (κ3) is 5.52. The van der Waals surface area contributed by atoms with E-state index >= 15 is 0 Å². The molecule has 2 N–H and O–H groups in total. The first kappa shape index (κ1) is 24.8. The standard InChI is InChI=1S/C28H26F2N8O/c29-18-9-10-21(23(30)13-18)25-22-14-19(34-36-27(22)33-26(25)17-7-8-17)5-2-4-12-38-16-24(35-37-38)28(39)32-15-20-6-1-3-11-31-20/h1,3,6,9-11,13-14,16-17H,2,4-5,7-8,12,15H2,(H,32,39)(H,33,36). The van der Waals surface area contributed by atoms with E-state index in [4.69, 9.17) is 0 Å². The predicted molar refractivity (Wildman–Crippen MR) is 140 cm³/mol. The number of carbonyl (C=O) groups is 1. The van der Waals surface area contributed by atoms with Crippen LogP contribution in [0.15, 0.2) is 54.9 Å². The van der Waals surface area contributed by atoms with E-state index in [2.05, 4.69) is 35.8 Å². The van der Waals surface area contributed by atoms with E-state index in [9.17, 15) is 13.6 Å². The summed E-state index contributed by atoms with van der Waals surface area (Å²) in [6, 6.07) is 11.2. The number of pyridine rings is 1. The van der Waals surface area contributed by atoms with Gasteiger partial charge in [-0.1, -0.05) is 11.3 Å². The molecule has 0 radical (unpaired) electrons. The molecule has 39 heavy (non-hydrogen) atoms. The second-order valence-corrected chi connectivity index (χ2v) is 9.74. The van der Waals surface area contributed by atoms with Gasteiger partial charge in [0.05, 0.1) is 24.1 Å². The Morgan fingerprint density at radius 1 is 1.05 bits per heavy atom. The summed E-state index contributed by atoms with van der Waals surface area (Å²) in [4.78, 5) is 19.9. The van der Waals surface area contributed by atoms with Gasteiger partial charge in [-0.2, -0.15) is 5.10 Å². The fraction of sp³-hybridized carbons (Fsp3) is 0.286. The highest BCUT2D eigenvalue weighted by molar-refractivity contribution is 5.96. The summed E-state index contributed by atoms with van der Waals surface area (Å²) in [6.07, 6.45) is 7.62. The highest BCUT2D eigenvalue weighted by Crippen LogP contribution is 2.47. The van der Waals surface area contributed by atoms with Crippen molar-refractivity contribution in [2.75, 3.05) is 0 Å². The maximum absolute atomic E-state index is 14.8. The average molecular weight is 529 g/mol. The number of aromatic amines is 1.